The van der Waals surface area contributed by atoms with Crippen molar-refractivity contribution < 1.29 is 14.3 Å². The highest BCUT2D eigenvalue weighted by atomic mass is 16.5. The third-order valence-corrected chi connectivity index (χ3v) is 10.9. The molecule has 2 aliphatic heterocycles. The maximum absolute atomic E-state index is 13.8. The summed E-state index contributed by atoms with van der Waals surface area (Å²) in [5.74, 6) is 2.92. The predicted octanol–water partition coefficient (Wildman–Crippen LogP) is 6.21. The minimum absolute atomic E-state index is 0.0761. The van der Waals surface area contributed by atoms with Gasteiger partial charge in [-0.15, -0.1) is 0 Å². The highest BCUT2D eigenvalue weighted by molar-refractivity contribution is 6.03. The Hall–Kier alpha value is -2.86. The van der Waals surface area contributed by atoms with E-state index in [0.717, 1.165) is 100 Å². The van der Waals surface area contributed by atoms with Crippen molar-refractivity contribution in [3.8, 4) is 0 Å². The molecule has 2 heterocycles. The third kappa shape index (κ3) is 5.77. The Bertz CT molecular complexity index is 1210. The van der Waals surface area contributed by atoms with Crippen molar-refractivity contribution in [1.82, 2.24) is 5.32 Å². The van der Waals surface area contributed by atoms with Crippen LogP contribution in [0.2, 0.25) is 0 Å². The molecule has 0 spiro atoms. The van der Waals surface area contributed by atoms with Crippen LogP contribution in [-0.4, -0.2) is 44.2 Å². The summed E-state index contributed by atoms with van der Waals surface area (Å²) in [4.78, 5) is 29.8. The first-order valence-corrected chi connectivity index (χ1v) is 16.2. The predicted molar refractivity (Wildman–Crippen MR) is 162 cm³/mol. The van der Waals surface area contributed by atoms with Crippen molar-refractivity contribution >= 4 is 23.2 Å². The first kappa shape index (κ1) is 27.0. The van der Waals surface area contributed by atoms with Crippen LogP contribution in [0.3, 0.4) is 0 Å². The molecule has 2 saturated heterocycles. The second-order valence-corrected chi connectivity index (χ2v) is 13.8. The summed E-state index contributed by atoms with van der Waals surface area (Å²) in [6, 6.07) is 16.8. The fourth-order valence-electron chi connectivity index (χ4n) is 9.16. The summed E-state index contributed by atoms with van der Waals surface area (Å²) in [5.41, 5.74) is 3.57. The molecule has 2 aromatic carbocycles. The fourth-order valence-corrected chi connectivity index (χ4v) is 9.16. The smallest absolute Gasteiger partial charge is 0.253 e. The normalized spacial score (nSPS) is 30.9. The lowest BCUT2D eigenvalue weighted by Gasteiger charge is -2.55. The van der Waals surface area contributed by atoms with Gasteiger partial charge in [0.05, 0.1) is 17.1 Å². The molecule has 0 aromatic heterocycles. The van der Waals surface area contributed by atoms with E-state index in [0.29, 0.717) is 18.0 Å². The van der Waals surface area contributed by atoms with Gasteiger partial charge in [-0.2, -0.15) is 0 Å². The Morgan fingerprint density at radius 2 is 1.61 bits per heavy atom. The van der Waals surface area contributed by atoms with Gasteiger partial charge in [0.25, 0.3) is 5.91 Å². The van der Waals surface area contributed by atoms with Gasteiger partial charge in [-0.3, -0.25) is 9.59 Å². The number of amides is 2. The molecule has 1 unspecified atom stereocenters. The fraction of sp³-hybridized carbons (Fsp3) is 0.600. The third-order valence-electron chi connectivity index (χ3n) is 10.9. The van der Waals surface area contributed by atoms with E-state index in [1.165, 1.54) is 24.8 Å². The molecule has 6 nitrogen and oxygen atoms in total. The van der Waals surface area contributed by atoms with Crippen LogP contribution in [0, 0.1) is 29.1 Å². The number of carbonyl (C=O) groups excluding carboxylic acids is 2. The van der Waals surface area contributed by atoms with Gasteiger partial charge in [0, 0.05) is 37.6 Å². The van der Waals surface area contributed by atoms with E-state index in [2.05, 4.69) is 51.9 Å². The minimum Gasteiger partial charge on any atom is -0.376 e. The second-order valence-electron chi connectivity index (χ2n) is 13.8. The topological polar surface area (TPSA) is 70.7 Å². The number of carbonyl (C=O) groups is 2. The zero-order valence-corrected chi connectivity index (χ0v) is 24.3. The lowest BCUT2D eigenvalue weighted by molar-refractivity contribution is -0.140. The van der Waals surface area contributed by atoms with E-state index >= 15 is 0 Å². The number of nitrogens with one attached hydrogen (secondary N) is 2. The highest BCUT2D eigenvalue weighted by Gasteiger charge is 2.54. The molecule has 4 bridgehead atoms. The SMILES string of the molecule is O=C(NCC1CCCO1)c1cc(NC(=O)C23CC4CC(CC(C4)C2)C3)ccc1N1CCC(Cc2ccccc2)CC1. The summed E-state index contributed by atoms with van der Waals surface area (Å²) in [7, 11) is 0. The molecule has 1 atom stereocenters. The number of benzene rings is 2. The quantitative estimate of drug-likeness (QED) is 0.406. The minimum atomic E-state index is -0.212. The summed E-state index contributed by atoms with van der Waals surface area (Å²) < 4.78 is 5.76. The first-order chi connectivity index (χ1) is 20.0. The Morgan fingerprint density at radius 3 is 2.27 bits per heavy atom. The molecule has 6 heteroatoms. The van der Waals surface area contributed by atoms with E-state index < -0.39 is 0 Å². The van der Waals surface area contributed by atoms with Gasteiger partial charge in [0.15, 0.2) is 0 Å². The van der Waals surface area contributed by atoms with Crippen LogP contribution in [-0.2, 0) is 16.0 Å². The van der Waals surface area contributed by atoms with Crippen molar-refractivity contribution in [2.45, 2.75) is 76.7 Å². The molecule has 2 N–H and O–H groups in total. The van der Waals surface area contributed by atoms with Crippen molar-refractivity contribution in [1.29, 1.82) is 0 Å². The van der Waals surface area contributed by atoms with Gasteiger partial charge in [-0.25, -0.2) is 0 Å². The lowest BCUT2D eigenvalue weighted by Crippen LogP contribution is -2.51. The van der Waals surface area contributed by atoms with Gasteiger partial charge < -0.3 is 20.3 Å². The summed E-state index contributed by atoms with van der Waals surface area (Å²) in [5, 5.41) is 6.44. The molecule has 8 rings (SSSR count). The molecule has 0 radical (unpaired) electrons. The van der Waals surface area contributed by atoms with Crippen molar-refractivity contribution in [2.75, 3.05) is 36.5 Å². The average Bonchev–Trinajstić information content (AvgIpc) is 3.50. The summed E-state index contributed by atoms with van der Waals surface area (Å²) in [6.45, 7) is 3.17. The van der Waals surface area contributed by atoms with E-state index in [1.807, 2.05) is 12.1 Å². The number of anilines is 2. The van der Waals surface area contributed by atoms with E-state index in [4.69, 9.17) is 4.74 Å². The lowest BCUT2D eigenvalue weighted by atomic mass is 9.49. The maximum atomic E-state index is 13.8. The molecule has 6 aliphatic rings. The zero-order chi connectivity index (χ0) is 27.8. The number of hydrogen-bond donors (Lipinski definition) is 2. The van der Waals surface area contributed by atoms with Crippen LogP contribution >= 0.6 is 0 Å². The Labute approximate surface area is 244 Å². The molecule has 218 valence electrons. The average molecular weight is 556 g/mol. The zero-order valence-electron chi connectivity index (χ0n) is 24.3. The van der Waals surface area contributed by atoms with Crippen molar-refractivity contribution in [3.05, 3.63) is 59.7 Å². The second kappa shape index (κ2) is 11.4. The van der Waals surface area contributed by atoms with Crippen molar-refractivity contribution in [3.63, 3.8) is 0 Å². The van der Waals surface area contributed by atoms with Crippen LogP contribution in [0.4, 0.5) is 11.4 Å². The number of ether oxygens (including phenoxy) is 1. The Kier molecular flexibility index (Phi) is 7.53. The van der Waals surface area contributed by atoms with Gasteiger partial charge in [-0.05, 0) is 118 Å². The first-order valence-electron chi connectivity index (χ1n) is 16.2. The molecule has 4 aliphatic carbocycles. The molecule has 2 aromatic rings. The number of piperidine rings is 1. The Balaban J connectivity index is 1.07. The van der Waals surface area contributed by atoms with Gasteiger partial charge in [0.2, 0.25) is 5.91 Å². The summed E-state index contributed by atoms with van der Waals surface area (Å²) >= 11 is 0. The van der Waals surface area contributed by atoms with Crippen LogP contribution in [0.15, 0.2) is 48.5 Å². The monoisotopic (exact) mass is 555 g/mol. The molecule has 2 amide bonds. The molecule has 4 saturated carbocycles. The summed E-state index contributed by atoms with van der Waals surface area (Å²) in [6.07, 6.45) is 12.5. The largest absolute Gasteiger partial charge is 0.376 e. The van der Waals surface area contributed by atoms with Crippen LogP contribution in [0.5, 0.6) is 0 Å². The van der Waals surface area contributed by atoms with Gasteiger partial charge >= 0.3 is 0 Å². The molecular weight excluding hydrogens is 510 g/mol. The molecular formula is C35H45N3O3. The van der Waals surface area contributed by atoms with E-state index in [9.17, 15) is 9.59 Å². The van der Waals surface area contributed by atoms with E-state index in [1.54, 1.807) is 0 Å². The molecule has 6 fully saturated rings. The van der Waals surface area contributed by atoms with Crippen molar-refractivity contribution in [2.24, 2.45) is 29.1 Å². The van der Waals surface area contributed by atoms with Gasteiger partial charge in [0.1, 0.15) is 0 Å². The van der Waals surface area contributed by atoms with Crippen LogP contribution < -0.4 is 15.5 Å². The van der Waals surface area contributed by atoms with E-state index in [-0.39, 0.29) is 23.3 Å². The van der Waals surface area contributed by atoms with Gasteiger partial charge in [-0.1, -0.05) is 30.3 Å². The van der Waals surface area contributed by atoms with Crippen LogP contribution in [0.1, 0.15) is 80.1 Å². The molecule has 41 heavy (non-hydrogen) atoms. The maximum Gasteiger partial charge on any atom is 0.253 e. The number of nitrogens with zero attached hydrogens (tertiary/aromatic N) is 1. The number of hydrogen-bond acceptors (Lipinski definition) is 4. The standard InChI is InChI=1S/C35H45N3O3/c39-33(36-23-30-7-4-14-41-30)31-19-29(37-34(40)35-20-26-16-27(21-35)18-28(17-26)22-35)8-9-32(31)38-12-10-25(11-13-38)15-24-5-2-1-3-6-24/h1-3,5-6,8-9,19,25-28,30H,4,7,10-18,20-23H2,(H,36,39)(H,37,40). The Morgan fingerprint density at radius 1 is 0.902 bits per heavy atom. The van der Waals surface area contributed by atoms with Crippen LogP contribution in [0.25, 0.3) is 0 Å². The number of rotatable bonds is 8. The highest BCUT2D eigenvalue weighted by Crippen LogP contribution is 2.60.